The minimum absolute atomic E-state index is 0.0663. The van der Waals surface area contributed by atoms with Crippen molar-refractivity contribution in [1.82, 2.24) is 5.32 Å². The Hall–Kier alpha value is -2.74. The van der Waals surface area contributed by atoms with Crippen LogP contribution >= 0.6 is 11.3 Å². The Morgan fingerprint density at radius 1 is 1.14 bits per heavy atom. The molecule has 22 heavy (non-hydrogen) atoms. The number of halogens is 1. The lowest BCUT2D eigenvalue weighted by molar-refractivity contribution is -0.123. The van der Waals surface area contributed by atoms with Gasteiger partial charge in [0.1, 0.15) is 10.7 Å². The molecule has 0 radical (unpaired) electrons. The van der Waals surface area contributed by atoms with Gasteiger partial charge in [-0.15, -0.1) is 11.3 Å². The van der Waals surface area contributed by atoms with Crippen molar-refractivity contribution in [2.75, 3.05) is 11.9 Å². The van der Waals surface area contributed by atoms with Crippen molar-refractivity contribution in [3.8, 4) is 0 Å². The summed E-state index contributed by atoms with van der Waals surface area (Å²) in [6.45, 7) is -0.610. The maximum absolute atomic E-state index is 13.3. The van der Waals surface area contributed by atoms with E-state index < -0.39 is 30.3 Å². The van der Waals surface area contributed by atoms with Crippen LogP contribution in [0, 0.1) is 5.82 Å². The van der Waals surface area contributed by atoms with Gasteiger partial charge in [0, 0.05) is 0 Å². The quantitative estimate of drug-likeness (QED) is 0.847. The maximum atomic E-state index is 13.3. The molecule has 114 valence electrons. The van der Waals surface area contributed by atoms with E-state index in [0.717, 1.165) is 0 Å². The lowest BCUT2D eigenvalue weighted by atomic mass is 10.3. The number of imide groups is 1. The predicted molar refractivity (Wildman–Crippen MR) is 78.2 cm³/mol. The summed E-state index contributed by atoms with van der Waals surface area (Å²) < 4.78 is 18.0. The SMILES string of the molecule is O=C(COC(=O)c1cccs1)NC(=O)Nc1ccccc1F. The third-order valence-corrected chi connectivity index (χ3v) is 3.28. The fourth-order valence-corrected chi connectivity index (χ4v) is 2.09. The highest BCUT2D eigenvalue weighted by Crippen LogP contribution is 2.12. The van der Waals surface area contributed by atoms with Crippen LogP contribution in [0.15, 0.2) is 41.8 Å². The zero-order valence-corrected chi connectivity index (χ0v) is 12.0. The summed E-state index contributed by atoms with van der Waals surface area (Å²) in [5.41, 5.74) is -0.0663. The number of rotatable bonds is 4. The summed E-state index contributed by atoms with van der Waals surface area (Å²) in [5, 5.41) is 5.79. The van der Waals surface area contributed by atoms with Crippen LogP contribution in [0.25, 0.3) is 0 Å². The molecule has 0 spiro atoms. The van der Waals surface area contributed by atoms with E-state index in [-0.39, 0.29) is 5.69 Å². The van der Waals surface area contributed by atoms with Gasteiger partial charge >= 0.3 is 12.0 Å². The first-order valence-corrected chi connectivity index (χ1v) is 7.00. The van der Waals surface area contributed by atoms with Crippen LogP contribution in [0.2, 0.25) is 0 Å². The number of ether oxygens (including phenoxy) is 1. The molecule has 1 aromatic heterocycles. The van der Waals surface area contributed by atoms with Gasteiger partial charge < -0.3 is 10.1 Å². The minimum Gasteiger partial charge on any atom is -0.451 e. The number of urea groups is 1. The van der Waals surface area contributed by atoms with E-state index in [4.69, 9.17) is 4.74 Å². The largest absolute Gasteiger partial charge is 0.451 e. The highest BCUT2D eigenvalue weighted by atomic mass is 32.1. The molecule has 1 heterocycles. The van der Waals surface area contributed by atoms with Crippen molar-refractivity contribution in [3.63, 3.8) is 0 Å². The number of esters is 1. The van der Waals surface area contributed by atoms with Crippen molar-refractivity contribution in [1.29, 1.82) is 0 Å². The number of hydrogen-bond donors (Lipinski definition) is 2. The van der Waals surface area contributed by atoms with Crippen molar-refractivity contribution >= 4 is 34.9 Å². The van der Waals surface area contributed by atoms with E-state index in [1.807, 2.05) is 5.32 Å². The summed E-state index contributed by atoms with van der Waals surface area (Å²) >= 11 is 1.17. The summed E-state index contributed by atoms with van der Waals surface area (Å²) in [5.74, 6) is -2.10. The number of carbonyl (C=O) groups excluding carboxylic acids is 3. The minimum atomic E-state index is -0.915. The molecule has 6 nitrogen and oxygen atoms in total. The van der Waals surface area contributed by atoms with Crippen molar-refractivity contribution in [2.24, 2.45) is 0 Å². The summed E-state index contributed by atoms with van der Waals surface area (Å²) in [6.07, 6.45) is 0. The first-order valence-electron chi connectivity index (χ1n) is 6.12. The zero-order chi connectivity index (χ0) is 15.9. The molecular weight excluding hydrogens is 311 g/mol. The second kappa shape index (κ2) is 7.32. The predicted octanol–water partition coefficient (Wildman–Crippen LogP) is 2.39. The van der Waals surface area contributed by atoms with Crippen molar-refractivity contribution < 1.29 is 23.5 Å². The molecule has 0 fully saturated rings. The average molecular weight is 322 g/mol. The number of amides is 3. The van der Waals surface area contributed by atoms with Gasteiger partial charge in [-0.25, -0.2) is 14.0 Å². The Morgan fingerprint density at radius 2 is 1.91 bits per heavy atom. The smallest absolute Gasteiger partial charge is 0.348 e. The molecule has 8 heteroatoms. The van der Waals surface area contributed by atoms with Crippen molar-refractivity contribution in [3.05, 3.63) is 52.5 Å². The Balaban J connectivity index is 1.78. The molecule has 0 aliphatic carbocycles. The molecule has 0 aliphatic heterocycles. The fourth-order valence-electron chi connectivity index (χ4n) is 1.48. The second-order valence-electron chi connectivity index (χ2n) is 4.04. The normalized spacial score (nSPS) is 9.86. The van der Waals surface area contributed by atoms with Gasteiger partial charge in [-0.1, -0.05) is 18.2 Å². The molecule has 2 N–H and O–H groups in total. The van der Waals surface area contributed by atoms with Gasteiger partial charge in [-0.3, -0.25) is 10.1 Å². The monoisotopic (exact) mass is 322 g/mol. The molecular formula is C14H11FN2O4S. The lowest BCUT2D eigenvalue weighted by Crippen LogP contribution is -2.37. The number of anilines is 1. The van der Waals surface area contributed by atoms with E-state index in [2.05, 4.69) is 5.32 Å². The van der Waals surface area contributed by atoms with Crippen molar-refractivity contribution in [2.45, 2.75) is 0 Å². The Labute approximate surface area is 128 Å². The van der Waals surface area contributed by atoms with E-state index in [1.54, 1.807) is 17.5 Å². The lowest BCUT2D eigenvalue weighted by Gasteiger charge is -2.07. The molecule has 1 aromatic carbocycles. The first kappa shape index (κ1) is 15.6. The highest BCUT2D eigenvalue weighted by Gasteiger charge is 2.13. The Kier molecular flexibility index (Phi) is 5.21. The number of para-hydroxylation sites is 1. The first-order chi connectivity index (χ1) is 10.6. The topological polar surface area (TPSA) is 84.5 Å². The van der Waals surface area contributed by atoms with Gasteiger partial charge in [0.15, 0.2) is 6.61 Å². The number of carbonyl (C=O) groups is 3. The summed E-state index contributed by atoms with van der Waals surface area (Å²) in [6, 6.07) is 7.81. The zero-order valence-electron chi connectivity index (χ0n) is 11.2. The van der Waals surface area contributed by atoms with Crippen LogP contribution in [0.5, 0.6) is 0 Å². The highest BCUT2D eigenvalue weighted by molar-refractivity contribution is 7.11. The molecule has 3 amide bonds. The average Bonchev–Trinajstić information content (AvgIpc) is 3.01. The van der Waals surface area contributed by atoms with Crippen LogP contribution in [0.1, 0.15) is 9.67 Å². The molecule has 2 aromatic rings. The van der Waals surface area contributed by atoms with E-state index in [0.29, 0.717) is 4.88 Å². The molecule has 0 unspecified atom stereocenters. The van der Waals surface area contributed by atoms with Crippen LogP contribution in [-0.2, 0) is 9.53 Å². The standard InChI is InChI=1S/C14H11FN2O4S/c15-9-4-1-2-5-10(9)16-14(20)17-12(18)8-21-13(19)11-6-3-7-22-11/h1-7H,8H2,(H2,16,17,18,20). The van der Waals surface area contributed by atoms with Gasteiger partial charge in [0.05, 0.1) is 5.69 Å². The molecule has 0 aliphatic rings. The van der Waals surface area contributed by atoms with Crippen LogP contribution in [0.4, 0.5) is 14.9 Å². The molecule has 0 bridgehead atoms. The van der Waals surface area contributed by atoms with E-state index >= 15 is 0 Å². The Morgan fingerprint density at radius 3 is 2.59 bits per heavy atom. The number of thiophene rings is 1. The van der Waals surface area contributed by atoms with Crippen LogP contribution in [0.3, 0.4) is 0 Å². The second-order valence-corrected chi connectivity index (χ2v) is 4.98. The van der Waals surface area contributed by atoms with E-state index in [1.165, 1.54) is 35.6 Å². The maximum Gasteiger partial charge on any atom is 0.348 e. The van der Waals surface area contributed by atoms with Gasteiger partial charge in [-0.05, 0) is 23.6 Å². The van der Waals surface area contributed by atoms with Gasteiger partial charge in [-0.2, -0.15) is 0 Å². The van der Waals surface area contributed by atoms with Gasteiger partial charge in [0.2, 0.25) is 0 Å². The third-order valence-electron chi connectivity index (χ3n) is 2.43. The summed E-state index contributed by atoms with van der Waals surface area (Å²) in [7, 11) is 0. The number of hydrogen-bond acceptors (Lipinski definition) is 5. The van der Waals surface area contributed by atoms with Crippen LogP contribution in [-0.4, -0.2) is 24.5 Å². The van der Waals surface area contributed by atoms with E-state index in [9.17, 15) is 18.8 Å². The number of nitrogens with one attached hydrogen (secondary N) is 2. The molecule has 0 saturated heterocycles. The van der Waals surface area contributed by atoms with Gasteiger partial charge in [0.25, 0.3) is 5.91 Å². The third kappa shape index (κ3) is 4.38. The molecule has 2 rings (SSSR count). The fraction of sp³-hybridized carbons (Fsp3) is 0.0714. The Bertz CT molecular complexity index is 688. The summed E-state index contributed by atoms with van der Waals surface area (Å²) in [4.78, 5) is 34.8. The number of benzene rings is 1. The van der Waals surface area contributed by atoms with Crippen LogP contribution < -0.4 is 10.6 Å². The molecule has 0 atom stereocenters. The molecule has 0 saturated carbocycles.